The van der Waals surface area contributed by atoms with Gasteiger partial charge in [-0.1, -0.05) is 12.8 Å². The van der Waals surface area contributed by atoms with E-state index in [0.29, 0.717) is 42.5 Å². The first-order valence-electron chi connectivity index (χ1n) is 11.6. The molecule has 1 amide bonds. The summed E-state index contributed by atoms with van der Waals surface area (Å²) in [6.45, 7) is 1.74. The van der Waals surface area contributed by atoms with E-state index >= 15 is 0 Å². The van der Waals surface area contributed by atoms with Crippen molar-refractivity contribution < 1.29 is 17.9 Å². The summed E-state index contributed by atoms with van der Waals surface area (Å²) in [6.07, 6.45) is 6.46. The molecular weight excluding hydrogens is 472 g/mol. The van der Waals surface area contributed by atoms with Gasteiger partial charge < -0.3 is 10.1 Å². The highest BCUT2D eigenvalue weighted by Gasteiger charge is 2.29. The van der Waals surface area contributed by atoms with E-state index in [1.807, 2.05) is 4.90 Å². The number of nitrogens with zero attached hydrogens (tertiary/aromatic N) is 3. The van der Waals surface area contributed by atoms with Crippen molar-refractivity contribution >= 4 is 32.3 Å². The summed E-state index contributed by atoms with van der Waals surface area (Å²) in [7, 11) is -2.05. The molecule has 1 aromatic heterocycles. The molecule has 1 N–H and O–H groups in total. The quantitative estimate of drug-likeness (QED) is 0.651. The molecule has 0 radical (unpaired) electrons. The number of ether oxygens (including phenoxy) is 1. The predicted molar refractivity (Wildman–Crippen MR) is 132 cm³/mol. The lowest BCUT2D eigenvalue weighted by Gasteiger charge is -2.33. The Kier molecular flexibility index (Phi) is 7.88. The lowest BCUT2D eigenvalue weighted by atomic mass is 9.97. The van der Waals surface area contributed by atoms with Crippen LogP contribution in [-0.4, -0.2) is 63.4 Å². The molecule has 1 aliphatic carbocycles. The Bertz CT molecular complexity index is 1160. The van der Waals surface area contributed by atoms with E-state index in [-0.39, 0.29) is 17.3 Å². The van der Waals surface area contributed by atoms with Crippen LogP contribution in [0.4, 0.5) is 5.00 Å². The van der Waals surface area contributed by atoms with E-state index in [0.717, 1.165) is 31.2 Å². The Morgan fingerprint density at radius 3 is 2.41 bits per heavy atom. The van der Waals surface area contributed by atoms with Crippen molar-refractivity contribution in [3.63, 3.8) is 0 Å². The third-order valence-corrected chi connectivity index (χ3v) is 9.55. The first-order chi connectivity index (χ1) is 16.4. The van der Waals surface area contributed by atoms with Crippen LogP contribution >= 0.6 is 11.3 Å². The van der Waals surface area contributed by atoms with Gasteiger partial charge in [-0.15, -0.1) is 11.3 Å². The highest BCUT2D eigenvalue weighted by atomic mass is 32.2. The number of benzene rings is 1. The van der Waals surface area contributed by atoms with Crippen LogP contribution in [0.5, 0.6) is 5.75 Å². The summed E-state index contributed by atoms with van der Waals surface area (Å²) in [5, 5.41) is 13.3. The number of carbonyl (C=O) groups excluding carboxylic acids is 1. The van der Waals surface area contributed by atoms with Gasteiger partial charge in [0.15, 0.2) is 0 Å². The lowest BCUT2D eigenvalue weighted by molar-refractivity contribution is -0.117. The molecule has 2 aliphatic rings. The number of hydrogen-bond acceptors (Lipinski definition) is 7. The molecule has 34 heavy (non-hydrogen) atoms. The average molecular weight is 503 g/mol. The van der Waals surface area contributed by atoms with E-state index < -0.39 is 10.0 Å². The second-order valence-corrected chi connectivity index (χ2v) is 11.7. The number of nitrogens with one attached hydrogen (secondary N) is 1. The van der Waals surface area contributed by atoms with Gasteiger partial charge in [0.2, 0.25) is 15.9 Å². The number of sulfonamides is 1. The lowest BCUT2D eigenvalue weighted by Crippen LogP contribution is -2.50. The molecule has 1 aliphatic heterocycles. The Balaban J connectivity index is 1.34. The van der Waals surface area contributed by atoms with Crippen molar-refractivity contribution in [2.24, 2.45) is 0 Å². The van der Waals surface area contributed by atoms with Crippen molar-refractivity contribution in [2.75, 3.05) is 45.2 Å². The maximum atomic E-state index is 12.9. The SMILES string of the molecule is COc1ccc(S(=O)(=O)N2CCN(CC(=O)Nc3sc4c(c3C#N)CCCCCC4)CC2)cc1. The summed E-state index contributed by atoms with van der Waals surface area (Å²) in [5.74, 6) is 0.434. The zero-order valence-corrected chi connectivity index (χ0v) is 21.0. The summed E-state index contributed by atoms with van der Waals surface area (Å²) in [6, 6.07) is 8.67. The third kappa shape index (κ3) is 5.44. The van der Waals surface area contributed by atoms with Crippen LogP contribution < -0.4 is 10.1 Å². The molecule has 2 aromatic rings. The molecule has 0 bridgehead atoms. The van der Waals surface area contributed by atoms with E-state index in [9.17, 15) is 18.5 Å². The topological polar surface area (TPSA) is 103 Å². The van der Waals surface area contributed by atoms with Gasteiger partial charge >= 0.3 is 0 Å². The average Bonchev–Trinajstić information content (AvgIpc) is 3.14. The van der Waals surface area contributed by atoms with Crippen molar-refractivity contribution in [1.82, 2.24) is 9.21 Å². The second kappa shape index (κ2) is 10.9. The first kappa shape index (κ1) is 24.7. The van der Waals surface area contributed by atoms with E-state index in [2.05, 4.69) is 11.4 Å². The van der Waals surface area contributed by atoms with Crippen LogP contribution in [0.25, 0.3) is 0 Å². The summed E-state index contributed by atoms with van der Waals surface area (Å²) >= 11 is 1.53. The first-order valence-corrected chi connectivity index (χ1v) is 13.9. The molecule has 2 heterocycles. The Morgan fingerprint density at radius 1 is 1.09 bits per heavy atom. The minimum absolute atomic E-state index is 0.169. The number of rotatable bonds is 6. The number of anilines is 1. The van der Waals surface area contributed by atoms with Crippen molar-refractivity contribution in [3.05, 3.63) is 40.3 Å². The van der Waals surface area contributed by atoms with Gasteiger partial charge in [0, 0.05) is 31.1 Å². The Morgan fingerprint density at radius 2 is 1.76 bits per heavy atom. The largest absolute Gasteiger partial charge is 0.497 e. The zero-order valence-electron chi connectivity index (χ0n) is 19.4. The third-order valence-electron chi connectivity index (χ3n) is 6.43. The Hall–Kier alpha value is -2.45. The maximum Gasteiger partial charge on any atom is 0.243 e. The zero-order chi connectivity index (χ0) is 24.1. The van der Waals surface area contributed by atoms with E-state index in [1.54, 1.807) is 24.3 Å². The number of carbonyl (C=O) groups is 1. The fourth-order valence-electron chi connectivity index (χ4n) is 4.52. The monoisotopic (exact) mass is 502 g/mol. The van der Waals surface area contributed by atoms with Crippen molar-refractivity contribution in [3.8, 4) is 11.8 Å². The van der Waals surface area contributed by atoms with Crippen LogP contribution in [0.1, 0.15) is 41.7 Å². The molecule has 0 saturated carbocycles. The molecule has 8 nitrogen and oxygen atoms in total. The van der Waals surface area contributed by atoms with Crippen molar-refractivity contribution in [1.29, 1.82) is 5.26 Å². The predicted octanol–water partition coefficient (Wildman–Crippen LogP) is 3.23. The van der Waals surface area contributed by atoms with Gasteiger partial charge in [-0.3, -0.25) is 9.69 Å². The molecule has 0 atom stereocenters. The minimum Gasteiger partial charge on any atom is -0.497 e. The number of piperazine rings is 1. The number of hydrogen-bond donors (Lipinski definition) is 1. The highest BCUT2D eigenvalue weighted by Crippen LogP contribution is 2.36. The Labute approximate surface area is 205 Å². The molecule has 1 aromatic carbocycles. The molecule has 1 fully saturated rings. The van der Waals surface area contributed by atoms with Gasteiger partial charge in [-0.25, -0.2) is 8.42 Å². The van der Waals surface area contributed by atoms with Crippen LogP contribution in [0, 0.1) is 11.3 Å². The van der Waals surface area contributed by atoms with Gasteiger partial charge in [0.25, 0.3) is 0 Å². The number of fused-ring (bicyclic) bond motifs is 1. The fourth-order valence-corrected chi connectivity index (χ4v) is 7.20. The molecule has 0 unspecified atom stereocenters. The number of amides is 1. The van der Waals surface area contributed by atoms with Crippen molar-refractivity contribution in [2.45, 2.75) is 43.4 Å². The maximum absolute atomic E-state index is 12.9. The number of methoxy groups -OCH3 is 1. The molecular formula is C24H30N4O4S2. The van der Waals surface area contributed by atoms with Gasteiger partial charge in [-0.2, -0.15) is 9.57 Å². The van der Waals surface area contributed by atoms with Crippen LogP contribution in [0.3, 0.4) is 0 Å². The second-order valence-electron chi connectivity index (χ2n) is 8.64. The highest BCUT2D eigenvalue weighted by molar-refractivity contribution is 7.89. The van der Waals surface area contributed by atoms with Gasteiger partial charge in [-0.05, 0) is 55.5 Å². The smallest absolute Gasteiger partial charge is 0.243 e. The van der Waals surface area contributed by atoms with Gasteiger partial charge in [0.1, 0.15) is 16.8 Å². The summed E-state index contributed by atoms with van der Waals surface area (Å²) in [5.41, 5.74) is 1.73. The molecule has 0 spiro atoms. The van der Waals surface area contributed by atoms with Crippen LogP contribution in [0.15, 0.2) is 29.2 Å². The fraction of sp³-hybridized carbons (Fsp3) is 0.500. The number of nitriles is 1. The van der Waals surface area contributed by atoms with E-state index in [4.69, 9.17) is 4.74 Å². The van der Waals surface area contributed by atoms with Crippen LogP contribution in [-0.2, 0) is 27.7 Å². The number of aryl methyl sites for hydroxylation is 1. The molecule has 4 rings (SSSR count). The van der Waals surface area contributed by atoms with Crippen LogP contribution in [0.2, 0.25) is 0 Å². The standard InChI is InChI=1S/C24H30N4O4S2/c1-32-18-8-10-19(11-9-18)34(30,31)28-14-12-27(13-15-28)17-23(29)26-24-21(16-25)20-6-4-2-3-5-7-22(20)33-24/h8-11H,2-7,12-15,17H2,1H3,(H,26,29). The molecule has 1 saturated heterocycles. The molecule has 10 heteroatoms. The van der Waals surface area contributed by atoms with E-state index in [1.165, 1.54) is 40.5 Å². The number of thiophene rings is 1. The normalized spacial score (nSPS) is 17.8. The van der Waals surface area contributed by atoms with Gasteiger partial charge in [0.05, 0.1) is 24.1 Å². The summed E-state index contributed by atoms with van der Waals surface area (Å²) < 4.78 is 32.4. The molecule has 182 valence electrons. The summed E-state index contributed by atoms with van der Waals surface area (Å²) in [4.78, 5) is 16.2. The minimum atomic E-state index is -3.59.